The van der Waals surface area contributed by atoms with Gasteiger partial charge in [0.25, 0.3) is 5.91 Å². The molecule has 1 aromatic carbocycles. The summed E-state index contributed by atoms with van der Waals surface area (Å²) in [5.74, 6) is 0.333. The molecule has 0 aliphatic rings. The van der Waals surface area contributed by atoms with Gasteiger partial charge in [0.15, 0.2) is 5.75 Å². The van der Waals surface area contributed by atoms with Crippen LogP contribution in [-0.2, 0) is 0 Å². The van der Waals surface area contributed by atoms with Crippen molar-refractivity contribution in [3.63, 3.8) is 0 Å². The summed E-state index contributed by atoms with van der Waals surface area (Å²) in [5.41, 5.74) is 5.10. The van der Waals surface area contributed by atoms with E-state index in [2.05, 4.69) is 0 Å². The molecule has 0 aliphatic heterocycles. The van der Waals surface area contributed by atoms with Gasteiger partial charge in [-0.05, 0) is 12.1 Å². The predicted octanol–water partition coefficient (Wildman–Crippen LogP) is 2.17. The highest BCUT2D eigenvalue weighted by atomic mass is 16.5. The van der Waals surface area contributed by atoms with Crippen molar-refractivity contribution in [2.24, 2.45) is 5.73 Å². The Bertz CT molecular complexity index is 462. The number of nitrogens with two attached hydrogens (primary N) is 1. The van der Waals surface area contributed by atoms with E-state index >= 15 is 0 Å². The van der Waals surface area contributed by atoms with Crippen molar-refractivity contribution in [2.75, 3.05) is 0 Å². The van der Waals surface area contributed by atoms with E-state index in [0.717, 1.165) is 0 Å². The molecular weight excluding hydrogens is 194 g/mol. The molecule has 0 aliphatic carbocycles. The Morgan fingerprint density at radius 2 is 1.93 bits per heavy atom. The Morgan fingerprint density at radius 1 is 1.20 bits per heavy atom. The van der Waals surface area contributed by atoms with Crippen molar-refractivity contribution in [1.29, 1.82) is 0 Å². The van der Waals surface area contributed by atoms with Gasteiger partial charge >= 0.3 is 0 Å². The number of furan rings is 1. The SMILES string of the molecule is NC(=O)c1occc1Oc1ccccc1. The van der Waals surface area contributed by atoms with Crippen LogP contribution in [0.5, 0.6) is 11.5 Å². The van der Waals surface area contributed by atoms with Gasteiger partial charge in [-0.1, -0.05) is 18.2 Å². The molecule has 0 bridgehead atoms. The molecule has 2 rings (SSSR count). The summed E-state index contributed by atoms with van der Waals surface area (Å²) >= 11 is 0. The maximum absolute atomic E-state index is 10.9. The first-order chi connectivity index (χ1) is 7.27. The molecule has 0 radical (unpaired) electrons. The van der Waals surface area contributed by atoms with Gasteiger partial charge in [-0.2, -0.15) is 0 Å². The molecule has 1 heterocycles. The van der Waals surface area contributed by atoms with Gasteiger partial charge in [0.1, 0.15) is 5.75 Å². The average molecular weight is 203 g/mol. The molecule has 0 saturated carbocycles. The topological polar surface area (TPSA) is 65.5 Å². The van der Waals surface area contributed by atoms with Gasteiger partial charge in [-0.3, -0.25) is 4.79 Å². The number of hydrogen-bond acceptors (Lipinski definition) is 3. The van der Waals surface area contributed by atoms with Crippen LogP contribution >= 0.6 is 0 Å². The minimum atomic E-state index is -0.647. The van der Waals surface area contributed by atoms with Crippen LogP contribution in [0.3, 0.4) is 0 Å². The molecule has 0 unspecified atom stereocenters. The zero-order valence-corrected chi connectivity index (χ0v) is 7.84. The molecule has 15 heavy (non-hydrogen) atoms. The van der Waals surface area contributed by atoms with Crippen molar-refractivity contribution < 1.29 is 13.9 Å². The summed E-state index contributed by atoms with van der Waals surface area (Å²) in [6.45, 7) is 0. The lowest BCUT2D eigenvalue weighted by Gasteiger charge is -2.02. The Morgan fingerprint density at radius 3 is 2.60 bits per heavy atom. The standard InChI is InChI=1S/C11H9NO3/c12-11(13)10-9(6-7-14-10)15-8-4-2-1-3-5-8/h1-7H,(H2,12,13). The van der Waals surface area contributed by atoms with E-state index in [0.29, 0.717) is 11.5 Å². The number of amides is 1. The summed E-state index contributed by atoms with van der Waals surface area (Å²) in [4.78, 5) is 10.9. The number of rotatable bonds is 3. The van der Waals surface area contributed by atoms with Crippen molar-refractivity contribution in [1.82, 2.24) is 0 Å². The third kappa shape index (κ3) is 1.99. The highest BCUT2D eigenvalue weighted by molar-refractivity contribution is 5.92. The van der Waals surface area contributed by atoms with Crippen LogP contribution < -0.4 is 10.5 Å². The lowest BCUT2D eigenvalue weighted by atomic mass is 10.3. The number of carbonyl (C=O) groups excluding carboxylic acids is 1. The van der Waals surface area contributed by atoms with E-state index in [1.807, 2.05) is 18.2 Å². The molecule has 4 heteroatoms. The average Bonchev–Trinajstić information content (AvgIpc) is 2.67. The van der Waals surface area contributed by atoms with E-state index in [1.54, 1.807) is 18.2 Å². The second-order valence-electron chi connectivity index (χ2n) is 2.89. The summed E-state index contributed by atoms with van der Waals surface area (Å²) in [7, 11) is 0. The van der Waals surface area contributed by atoms with Gasteiger partial charge < -0.3 is 14.9 Å². The Balaban J connectivity index is 2.25. The fourth-order valence-electron chi connectivity index (χ4n) is 1.17. The monoisotopic (exact) mass is 203 g/mol. The first kappa shape index (κ1) is 9.33. The smallest absolute Gasteiger partial charge is 0.288 e. The largest absolute Gasteiger partial charge is 0.455 e. The fourth-order valence-corrected chi connectivity index (χ4v) is 1.17. The van der Waals surface area contributed by atoms with Gasteiger partial charge in [0.2, 0.25) is 5.76 Å². The number of para-hydroxylation sites is 1. The first-order valence-electron chi connectivity index (χ1n) is 4.37. The van der Waals surface area contributed by atoms with Crippen molar-refractivity contribution in [3.05, 3.63) is 48.4 Å². The molecule has 0 saturated heterocycles. The third-order valence-electron chi connectivity index (χ3n) is 1.82. The van der Waals surface area contributed by atoms with E-state index < -0.39 is 5.91 Å². The van der Waals surface area contributed by atoms with E-state index in [1.165, 1.54) is 6.26 Å². The molecule has 76 valence electrons. The van der Waals surface area contributed by atoms with Gasteiger partial charge in [0, 0.05) is 6.07 Å². The second-order valence-corrected chi connectivity index (χ2v) is 2.89. The number of benzene rings is 1. The van der Waals surface area contributed by atoms with Crippen LogP contribution in [0, 0.1) is 0 Å². The summed E-state index contributed by atoms with van der Waals surface area (Å²) in [6.07, 6.45) is 1.36. The quantitative estimate of drug-likeness (QED) is 0.831. The van der Waals surface area contributed by atoms with Crippen LogP contribution in [0.2, 0.25) is 0 Å². The summed E-state index contributed by atoms with van der Waals surface area (Å²) < 4.78 is 10.3. The Hall–Kier alpha value is -2.23. The normalized spacial score (nSPS) is 9.87. The van der Waals surface area contributed by atoms with Crippen LogP contribution in [0.1, 0.15) is 10.6 Å². The number of ether oxygens (including phenoxy) is 1. The molecule has 1 amide bonds. The zero-order valence-electron chi connectivity index (χ0n) is 7.84. The van der Waals surface area contributed by atoms with Gasteiger partial charge in [-0.25, -0.2) is 0 Å². The number of carbonyl (C=O) groups is 1. The number of primary amides is 1. The lowest BCUT2D eigenvalue weighted by molar-refractivity contribution is 0.0971. The molecular formula is C11H9NO3. The molecule has 4 nitrogen and oxygen atoms in total. The molecule has 0 spiro atoms. The van der Waals surface area contributed by atoms with Crippen molar-refractivity contribution >= 4 is 5.91 Å². The fraction of sp³-hybridized carbons (Fsp3) is 0. The van der Waals surface area contributed by atoms with Crippen LogP contribution in [-0.4, -0.2) is 5.91 Å². The van der Waals surface area contributed by atoms with E-state index in [9.17, 15) is 4.79 Å². The van der Waals surface area contributed by atoms with Crippen molar-refractivity contribution in [2.45, 2.75) is 0 Å². The third-order valence-corrected chi connectivity index (χ3v) is 1.82. The second kappa shape index (κ2) is 3.88. The Kier molecular flexibility index (Phi) is 2.41. The minimum Gasteiger partial charge on any atom is -0.455 e. The molecule has 2 N–H and O–H groups in total. The predicted molar refractivity (Wildman–Crippen MR) is 53.7 cm³/mol. The highest BCUT2D eigenvalue weighted by Gasteiger charge is 2.13. The zero-order chi connectivity index (χ0) is 10.7. The lowest BCUT2D eigenvalue weighted by Crippen LogP contribution is -2.10. The minimum absolute atomic E-state index is 0.0267. The maximum Gasteiger partial charge on any atom is 0.288 e. The molecule has 0 atom stereocenters. The molecule has 2 aromatic rings. The van der Waals surface area contributed by atoms with E-state index in [-0.39, 0.29) is 5.76 Å². The molecule has 0 fully saturated rings. The summed E-state index contributed by atoms with van der Waals surface area (Å²) in [5, 5.41) is 0. The highest BCUT2D eigenvalue weighted by Crippen LogP contribution is 2.25. The first-order valence-corrected chi connectivity index (χ1v) is 4.37. The van der Waals surface area contributed by atoms with Crippen LogP contribution in [0.25, 0.3) is 0 Å². The van der Waals surface area contributed by atoms with E-state index in [4.69, 9.17) is 14.9 Å². The molecule has 1 aromatic heterocycles. The maximum atomic E-state index is 10.9. The number of hydrogen-bond donors (Lipinski definition) is 1. The van der Waals surface area contributed by atoms with Crippen LogP contribution in [0.4, 0.5) is 0 Å². The summed E-state index contributed by atoms with van der Waals surface area (Å²) in [6, 6.07) is 10.6. The van der Waals surface area contributed by atoms with Gasteiger partial charge in [0.05, 0.1) is 6.26 Å². The Labute approximate surface area is 86.3 Å². The van der Waals surface area contributed by atoms with Crippen molar-refractivity contribution in [3.8, 4) is 11.5 Å². The van der Waals surface area contributed by atoms with Crippen LogP contribution in [0.15, 0.2) is 47.1 Å². The van der Waals surface area contributed by atoms with Gasteiger partial charge in [-0.15, -0.1) is 0 Å².